The molecular weight excluding hydrogens is 270 g/mol. The van der Waals surface area contributed by atoms with E-state index >= 15 is 0 Å². The van der Waals surface area contributed by atoms with Crippen molar-refractivity contribution < 1.29 is 13.5 Å². The monoisotopic (exact) mass is 298 g/mol. The molecule has 0 aliphatic heterocycles. The van der Waals surface area contributed by atoms with E-state index in [9.17, 15) is 8.78 Å². The van der Waals surface area contributed by atoms with Gasteiger partial charge in [-0.15, -0.1) is 0 Å². The quantitative estimate of drug-likeness (QED) is 0.422. The number of halogens is 2. The molecule has 0 heterocycles. The number of para-hydroxylation sites is 1. The molecule has 3 heteroatoms. The van der Waals surface area contributed by atoms with Crippen LogP contribution in [0, 0.1) is 0 Å². The van der Waals surface area contributed by atoms with E-state index in [0.717, 1.165) is 12.8 Å². The van der Waals surface area contributed by atoms with Crippen molar-refractivity contribution in [1.82, 2.24) is 0 Å². The minimum Gasteiger partial charge on any atom is -0.490 e. The highest BCUT2D eigenvalue weighted by Crippen LogP contribution is 2.29. The normalized spacial score (nSPS) is 12.6. The summed E-state index contributed by atoms with van der Waals surface area (Å²) in [4.78, 5) is 0. The van der Waals surface area contributed by atoms with Gasteiger partial charge in [0.2, 0.25) is 0 Å². The summed E-state index contributed by atoms with van der Waals surface area (Å²) in [6.45, 7) is 4.18. The van der Waals surface area contributed by atoms with Crippen molar-refractivity contribution >= 4 is 0 Å². The van der Waals surface area contributed by atoms with E-state index in [1.807, 2.05) is 6.92 Å². The van der Waals surface area contributed by atoms with E-state index in [-0.39, 0.29) is 11.7 Å². The van der Waals surface area contributed by atoms with Gasteiger partial charge < -0.3 is 4.74 Å². The summed E-state index contributed by atoms with van der Waals surface area (Å²) in [6.07, 6.45) is 7.22. The maximum Gasteiger partial charge on any atom is 0.267 e. The maximum absolute atomic E-state index is 12.9. The van der Waals surface area contributed by atoms with Gasteiger partial charge in [0, 0.05) is 0 Å². The predicted octanol–water partition coefficient (Wildman–Crippen LogP) is 6.53. The van der Waals surface area contributed by atoms with Gasteiger partial charge in [-0.3, -0.25) is 0 Å². The molecule has 0 saturated carbocycles. The fourth-order valence-corrected chi connectivity index (χ4v) is 2.43. The highest BCUT2D eigenvalue weighted by Gasteiger charge is 2.15. The summed E-state index contributed by atoms with van der Waals surface area (Å²) in [6, 6.07) is 6.42. The standard InChI is InChI=1S/C18H28F2O/c1-3-4-5-6-7-8-9-12-15(2)21-17-14-11-10-13-16(17)18(19)20/h10-11,13-15,18H,3-9,12H2,1-2H3. The first-order chi connectivity index (χ1) is 10.1. The average Bonchev–Trinajstić information content (AvgIpc) is 2.46. The smallest absolute Gasteiger partial charge is 0.267 e. The first kappa shape index (κ1) is 17.9. The van der Waals surface area contributed by atoms with E-state index in [0.29, 0.717) is 5.75 Å². The Kier molecular flexibility index (Phi) is 9.04. The van der Waals surface area contributed by atoms with Crippen molar-refractivity contribution in [2.75, 3.05) is 0 Å². The van der Waals surface area contributed by atoms with Crippen LogP contribution in [0.3, 0.4) is 0 Å². The van der Waals surface area contributed by atoms with Crippen LogP contribution < -0.4 is 4.74 Å². The summed E-state index contributed by atoms with van der Waals surface area (Å²) >= 11 is 0. The van der Waals surface area contributed by atoms with Gasteiger partial charge in [0.05, 0.1) is 11.7 Å². The van der Waals surface area contributed by atoms with Crippen LogP contribution in [0.1, 0.15) is 77.2 Å². The van der Waals surface area contributed by atoms with Crippen LogP contribution in [0.4, 0.5) is 8.78 Å². The molecule has 0 fully saturated rings. The van der Waals surface area contributed by atoms with E-state index in [1.54, 1.807) is 18.2 Å². The Hall–Kier alpha value is -1.12. The molecule has 120 valence electrons. The first-order valence-corrected chi connectivity index (χ1v) is 8.18. The summed E-state index contributed by atoms with van der Waals surface area (Å²) < 4.78 is 31.4. The van der Waals surface area contributed by atoms with Crippen molar-refractivity contribution in [2.45, 2.75) is 77.7 Å². The number of hydrogen-bond donors (Lipinski definition) is 0. The van der Waals surface area contributed by atoms with Crippen LogP contribution in [0.25, 0.3) is 0 Å². The molecule has 0 aliphatic rings. The lowest BCUT2D eigenvalue weighted by Gasteiger charge is -2.17. The van der Waals surface area contributed by atoms with Gasteiger partial charge in [0.1, 0.15) is 5.75 Å². The minimum atomic E-state index is -2.48. The highest BCUT2D eigenvalue weighted by atomic mass is 19.3. The van der Waals surface area contributed by atoms with Crippen molar-refractivity contribution in [3.8, 4) is 5.75 Å². The molecule has 0 saturated heterocycles. The van der Waals surface area contributed by atoms with Crippen LogP contribution in [-0.4, -0.2) is 6.10 Å². The molecule has 0 bridgehead atoms. The zero-order valence-corrected chi connectivity index (χ0v) is 13.3. The van der Waals surface area contributed by atoms with Crippen molar-refractivity contribution in [3.05, 3.63) is 29.8 Å². The maximum atomic E-state index is 12.9. The molecule has 21 heavy (non-hydrogen) atoms. The number of alkyl halides is 2. The SMILES string of the molecule is CCCCCCCCCC(C)Oc1ccccc1C(F)F. The van der Waals surface area contributed by atoms with Crippen LogP contribution >= 0.6 is 0 Å². The Labute approximate surface area is 127 Å². The largest absolute Gasteiger partial charge is 0.490 e. The van der Waals surface area contributed by atoms with Gasteiger partial charge in [0.15, 0.2) is 0 Å². The van der Waals surface area contributed by atoms with Crippen LogP contribution in [0.2, 0.25) is 0 Å². The lowest BCUT2D eigenvalue weighted by atomic mass is 10.1. The van der Waals surface area contributed by atoms with Crippen molar-refractivity contribution in [2.24, 2.45) is 0 Å². The van der Waals surface area contributed by atoms with E-state index < -0.39 is 6.43 Å². The molecule has 1 rings (SSSR count). The van der Waals surface area contributed by atoms with Gasteiger partial charge in [-0.2, -0.15) is 0 Å². The number of ether oxygens (including phenoxy) is 1. The van der Waals surface area contributed by atoms with E-state index in [2.05, 4.69) is 6.92 Å². The third-order valence-corrected chi connectivity index (χ3v) is 3.70. The number of rotatable bonds is 11. The topological polar surface area (TPSA) is 9.23 Å². The minimum absolute atomic E-state index is 0.0103. The molecule has 1 aromatic carbocycles. The van der Waals surface area contributed by atoms with Crippen LogP contribution in [-0.2, 0) is 0 Å². The lowest BCUT2D eigenvalue weighted by molar-refractivity contribution is 0.137. The summed E-state index contributed by atoms with van der Waals surface area (Å²) in [5, 5.41) is 0. The highest BCUT2D eigenvalue weighted by molar-refractivity contribution is 5.34. The van der Waals surface area contributed by atoms with E-state index in [1.165, 1.54) is 44.6 Å². The fraction of sp³-hybridized carbons (Fsp3) is 0.667. The Morgan fingerprint density at radius 3 is 2.24 bits per heavy atom. The molecule has 1 nitrogen and oxygen atoms in total. The molecular formula is C18H28F2O. The second kappa shape index (κ2) is 10.6. The van der Waals surface area contributed by atoms with Crippen molar-refractivity contribution in [1.29, 1.82) is 0 Å². The fourth-order valence-electron chi connectivity index (χ4n) is 2.43. The Morgan fingerprint density at radius 2 is 1.57 bits per heavy atom. The van der Waals surface area contributed by atoms with Crippen LogP contribution in [0.15, 0.2) is 24.3 Å². The molecule has 1 atom stereocenters. The number of hydrogen-bond acceptors (Lipinski definition) is 1. The summed E-state index contributed by atoms with van der Waals surface area (Å²) in [5.74, 6) is 0.322. The number of unbranched alkanes of at least 4 members (excludes halogenated alkanes) is 6. The molecule has 0 spiro atoms. The third-order valence-electron chi connectivity index (χ3n) is 3.70. The molecule has 0 radical (unpaired) electrons. The molecule has 1 unspecified atom stereocenters. The molecule has 0 N–H and O–H groups in total. The van der Waals surface area contributed by atoms with E-state index in [4.69, 9.17) is 4.74 Å². The zero-order chi connectivity index (χ0) is 15.5. The van der Waals surface area contributed by atoms with Gasteiger partial charge in [0.25, 0.3) is 6.43 Å². The predicted molar refractivity (Wildman–Crippen MR) is 84.1 cm³/mol. The van der Waals surface area contributed by atoms with Crippen molar-refractivity contribution in [3.63, 3.8) is 0 Å². The Bertz CT molecular complexity index is 379. The zero-order valence-electron chi connectivity index (χ0n) is 13.3. The van der Waals surface area contributed by atoms with Gasteiger partial charge in [-0.1, -0.05) is 57.6 Å². The molecule has 0 amide bonds. The first-order valence-electron chi connectivity index (χ1n) is 8.18. The lowest BCUT2D eigenvalue weighted by Crippen LogP contribution is -2.12. The second-order valence-electron chi connectivity index (χ2n) is 5.68. The molecule has 1 aromatic rings. The third kappa shape index (κ3) is 7.45. The molecule has 0 aliphatic carbocycles. The van der Waals surface area contributed by atoms with Crippen LogP contribution in [0.5, 0.6) is 5.75 Å². The Balaban J connectivity index is 2.23. The number of benzene rings is 1. The average molecular weight is 298 g/mol. The molecule has 0 aromatic heterocycles. The Morgan fingerprint density at radius 1 is 0.952 bits per heavy atom. The summed E-state index contributed by atoms with van der Waals surface area (Å²) in [5.41, 5.74) is -0.0103. The van der Waals surface area contributed by atoms with Gasteiger partial charge >= 0.3 is 0 Å². The van der Waals surface area contributed by atoms with Gasteiger partial charge in [-0.05, 0) is 31.9 Å². The summed E-state index contributed by atoms with van der Waals surface area (Å²) in [7, 11) is 0. The second-order valence-corrected chi connectivity index (χ2v) is 5.68. The van der Waals surface area contributed by atoms with Gasteiger partial charge in [-0.25, -0.2) is 8.78 Å².